The van der Waals surface area contributed by atoms with Crippen LogP contribution in [0, 0.1) is 6.92 Å². The van der Waals surface area contributed by atoms with Crippen molar-refractivity contribution in [2.24, 2.45) is 0 Å². The summed E-state index contributed by atoms with van der Waals surface area (Å²) in [6.45, 7) is 6.65. The van der Waals surface area contributed by atoms with Gasteiger partial charge in [-0.2, -0.15) is 5.10 Å². The van der Waals surface area contributed by atoms with E-state index in [1.54, 1.807) is 0 Å². The molecule has 1 atom stereocenters. The van der Waals surface area contributed by atoms with Crippen LogP contribution < -0.4 is 4.90 Å². The van der Waals surface area contributed by atoms with Crippen molar-refractivity contribution in [3.05, 3.63) is 66.0 Å². The zero-order chi connectivity index (χ0) is 18.8. The fourth-order valence-corrected chi connectivity index (χ4v) is 3.68. The zero-order valence-corrected chi connectivity index (χ0v) is 15.6. The number of piperazine rings is 1. The highest BCUT2D eigenvalue weighted by molar-refractivity contribution is 5.95. The number of benzene rings is 2. The van der Waals surface area contributed by atoms with Crippen LogP contribution in [0.2, 0.25) is 0 Å². The van der Waals surface area contributed by atoms with E-state index in [4.69, 9.17) is 0 Å². The molecule has 1 N–H and O–H groups in total. The fourth-order valence-electron chi connectivity index (χ4n) is 3.68. The lowest BCUT2D eigenvalue weighted by Crippen LogP contribution is -2.54. The number of nitrogens with one attached hydrogen (secondary N) is 1. The average molecular weight is 361 g/mol. The molecule has 0 saturated carbocycles. The van der Waals surface area contributed by atoms with Gasteiger partial charge in [0, 0.05) is 42.5 Å². The Bertz CT molecular complexity index is 920. The van der Waals surface area contributed by atoms with E-state index in [9.17, 15) is 4.79 Å². The molecular weight excluding hydrogens is 338 g/mol. The summed E-state index contributed by atoms with van der Waals surface area (Å²) in [6, 6.07) is 16.1. The normalized spacial score (nSPS) is 17.2. The SMILES string of the molecule is Cc1ccccc1N1CCN(C(=O)c2ccc(-c3ncn[nH]3)cc2)[C@@H](C)C1. The molecule has 2 heterocycles. The van der Waals surface area contributed by atoms with Crippen molar-refractivity contribution in [3.8, 4) is 11.4 Å². The van der Waals surface area contributed by atoms with Gasteiger partial charge in [-0.15, -0.1) is 0 Å². The van der Waals surface area contributed by atoms with Crippen LogP contribution in [0.4, 0.5) is 5.69 Å². The van der Waals surface area contributed by atoms with E-state index >= 15 is 0 Å². The number of para-hydroxylation sites is 1. The molecule has 0 aliphatic carbocycles. The van der Waals surface area contributed by atoms with Gasteiger partial charge >= 0.3 is 0 Å². The average Bonchev–Trinajstić information content (AvgIpc) is 3.23. The maximum absolute atomic E-state index is 13.0. The summed E-state index contributed by atoms with van der Waals surface area (Å²) in [4.78, 5) is 21.5. The molecule has 6 heteroatoms. The van der Waals surface area contributed by atoms with Gasteiger partial charge in [0.25, 0.3) is 5.91 Å². The maximum atomic E-state index is 13.0. The number of anilines is 1. The number of aromatic nitrogens is 3. The van der Waals surface area contributed by atoms with Crippen LogP contribution >= 0.6 is 0 Å². The predicted octanol–water partition coefficient (Wildman–Crippen LogP) is 3.13. The number of nitrogens with zero attached hydrogens (tertiary/aromatic N) is 4. The van der Waals surface area contributed by atoms with Crippen LogP contribution in [-0.4, -0.2) is 51.7 Å². The second-order valence-electron chi connectivity index (χ2n) is 6.99. The second-order valence-corrected chi connectivity index (χ2v) is 6.99. The number of aromatic amines is 1. The molecule has 4 rings (SSSR count). The van der Waals surface area contributed by atoms with E-state index in [-0.39, 0.29) is 11.9 Å². The van der Waals surface area contributed by atoms with Crippen LogP contribution in [0.15, 0.2) is 54.9 Å². The Morgan fingerprint density at radius 2 is 1.89 bits per heavy atom. The summed E-state index contributed by atoms with van der Waals surface area (Å²) in [5.41, 5.74) is 4.15. The fraction of sp³-hybridized carbons (Fsp3) is 0.286. The van der Waals surface area contributed by atoms with E-state index < -0.39 is 0 Å². The molecule has 1 aromatic heterocycles. The van der Waals surface area contributed by atoms with Crippen molar-refractivity contribution in [3.63, 3.8) is 0 Å². The minimum Gasteiger partial charge on any atom is -0.367 e. The Morgan fingerprint density at radius 1 is 1.11 bits per heavy atom. The van der Waals surface area contributed by atoms with Crippen LogP contribution in [0.5, 0.6) is 0 Å². The quantitative estimate of drug-likeness (QED) is 0.778. The lowest BCUT2D eigenvalue weighted by Gasteiger charge is -2.41. The van der Waals surface area contributed by atoms with Crippen molar-refractivity contribution >= 4 is 11.6 Å². The van der Waals surface area contributed by atoms with Gasteiger partial charge in [-0.3, -0.25) is 9.89 Å². The largest absolute Gasteiger partial charge is 0.367 e. The lowest BCUT2D eigenvalue weighted by atomic mass is 10.1. The predicted molar refractivity (Wildman–Crippen MR) is 106 cm³/mol. The van der Waals surface area contributed by atoms with E-state index in [1.807, 2.05) is 29.2 Å². The highest BCUT2D eigenvalue weighted by Crippen LogP contribution is 2.24. The molecule has 0 unspecified atom stereocenters. The van der Waals surface area contributed by atoms with Crippen LogP contribution in [-0.2, 0) is 0 Å². The summed E-state index contributed by atoms with van der Waals surface area (Å²) in [6.07, 6.45) is 1.48. The van der Waals surface area contributed by atoms with Crippen molar-refractivity contribution < 1.29 is 4.79 Å². The maximum Gasteiger partial charge on any atom is 0.254 e. The first kappa shape index (κ1) is 17.3. The minimum atomic E-state index is 0.0797. The molecule has 1 saturated heterocycles. The third-order valence-electron chi connectivity index (χ3n) is 5.16. The first-order valence-corrected chi connectivity index (χ1v) is 9.21. The van der Waals surface area contributed by atoms with Crippen molar-refractivity contribution in [1.29, 1.82) is 0 Å². The number of carbonyl (C=O) groups excluding carboxylic acids is 1. The summed E-state index contributed by atoms with van der Waals surface area (Å²) in [7, 11) is 0. The van der Waals surface area contributed by atoms with Crippen molar-refractivity contribution in [2.45, 2.75) is 19.9 Å². The lowest BCUT2D eigenvalue weighted by molar-refractivity contribution is 0.0674. The standard InChI is InChI=1S/C21H23N5O/c1-15-5-3-4-6-19(15)25-11-12-26(16(2)13-25)21(27)18-9-7-17(8-10-18)20-22-14-23-24-20/h3-10,14,16H,11-13H2,1-2H3,(H,22,23,24)/t16-/m0/s1. The Labute approximate surface area is 158 Å². The molecule has 1 amide bonds. The molecule has 1 aliphatic rings. The Kier molecular flexibility index (Phi) is 4.62. The summed E-state index contributed by atoms with van der Waals surface area (Å²) in [5.74, 6) is 0.783. The first-order chi connectivity index (χ1) is 13.1. The molecule has 138 valence electrons. The monoisotopic (exact) mass is 361 g/mol. The number of H-pyrrole nitrogens is 1. The van der Waals surface area contributed by atoms with E-state index in [0.717, 1.165) is 25.2 Å². The van der Waals surface area contributed by atoms with Gasteiger partial charge in [-0.1, -0.05) is 30.3 Å². The smallest absolute Gasteiger partial charge is 0.254 e. The van der Waals surface area contributed by atoms with E-state index in [2.05, 4.69) is 58.2 Å². The molecule has 1 fully saturated rings. The molecule has 2 aromatic carbocycles. The summed E-state index contributed by atoms with van der Waals surface area (Å²) < 4.78 is 0. The van der Waals surface area contributed by atoms with Gasteiger partial charge in [0.05, 0.1) is 0 Å². The first-order valence-electron chi connectivity index (χ1n) is 9.21. The summed E-state index contributed by atoms with van der Waals surface area (Å²) >= 11 is 0. The zero-order valence-electron chi connectivity index (χ0n) is 15.6. The number of carbonyl (C=O) groups is 1. The number of aryl methyl sites for hydroxylation is 1. The van der Waals surface area contributed by atoms with Gasteiger partial charge in [-0.25, -0.2) is 4.98 Å². The van der Waals surface area contributed by atoms with Crippen LogP contribution in [0.3, 0.4) is 0 Å². The number of hydrogen-bond donors (Lipinski definition) is 1. The molecule has 0 bridgehead atoms. The van der Waals surface area contributed by atoms with Gasteiger partial charge in [0.1, 0.15) is 6.33 Å². The second kappa shape index (κ2) is 7.23. The van der Waals surface area contributed by atoms with Crippen molar-refractivity contribution in [1.82, 2.24) is 20.1 Å². The number of amides is 1. The van der Waals surface area contributed by atoms with E-state index in [0.29, 0.717) is 11.4 Å². The molecule has 6 nitrogen and oxygen atoms in total. The van der Waals surface area contributed by atoms with E-state index in [1.165, 1.54) is 17.6 Å². The Hall–Kier alpha value is -3.15. The molecule has 0 spiro atoms. The number of rotatable bonds is 3. The van der Waals surface area contributed by atoms with Crippen LogP contribution in [0.25, 0.3) is 11.4 Å². The number of hydrogen-bond acceptors (Lipinski definition) is 4. The molecule has 27 heavy (non-hydrogen) atoms. The summed E-state index contributed by atoms with van der Waals surface area (Å²) in [5, 5.41) is 6.70. The molecule has 0 radical (unpaired) electrons. The van der Waals surface area contributed by atoms with Crippen molar-refractivity contribution in [2.75, 3.05) is 24.5 Å². The van der Waals surface area contributed by atoms with Crippen LogP contribution in [0.1, 0.15) is 22.8 Å². The highest BCUT2D eigenvalue weighted by Gasteiger charge is 2.28. The Balaban J connectivity index is 1.46. The third kappa shape index (κ3) is 3.43. The highest BCUT2D eigenvalue weighted by atomic mass is 16.2. The Morgan fingerprint density at radius 3 is 2.56 bits per heavy atom. The minimum absolute atomic E-state index is 0.0797. The topological polar surface area (TPSA) is 65.1 Å². The van der Waals surface area contributed by atoms with Gasteiger partial charge in [0.15, 0.2) is 5.82 Å². The molecular formula is C21H23N5O. The molecule has 1 aliphatic heterocycles. The van der Waals surface area contributed by atoms with Gasteiger partial charge in [-0.05, 0) is 37.6 Å². The third-order valence-corrected chi connectivity index (χ3v) is 5.16. The van der Waals surface area contributed by atoms with Gasteiger partial charge in [0.2, 0.25) is 0 Å². The van der Waals surface area contributed by atoms with Gasteiger partial charge < -0.3 is 9.80 Å². The molecule has 3 aromatic rings.